The summed E-state index contributed by atoms with van der Waals surface area (Å²) in [6.45, 7) is 1.11. The minimum Gasteiger partial charge on any atom is -0.490 e. The number of carbonyl (C=O) groups excluding carboxylic acids is 1. The Kier molecular flexibility index (Phi) is 5.64. The van der Waals surface area contributed by atoms with E-state index < -0.39 is 5.91 Å². The number of halogens is 2. The first-order valence-corrected chi connectivity index (χ1v) is 8.64. The first kappa shape index (κ1) is 19.2. The zero-order chi connectivity index (χ0) is 19.6. The third-order valence-corrected chi connectivity index (χ3v) is 3.97. The van der Waals surface area contributed by atoms with Crippen molar-refractivity contribution in [2.45, 2.75) is 0 Å². The molecule has 0 atom stereocenters. The number of anilines is 2. The number of nitrogens with one attached hydrogen (secondary N) is 1. The van der Waals surface area contributed by atoms with Crippen molar-refractivity contribution in [2.75, 3.05) is 38.3 Å². The first-order valence-electron chi connectivity index (χ1n) is 7.89. The van der Waals surface area contributed by atoms with Crippen LogP contribution in [0.15, 0.2) is 24.7 Å². The molecule has 3 heterocycles. The second kappa shape index (κ2) is 7.95. The zero-order valence-corrected chi connectivity index (χ0v) is 16.1. The minimum atomic E-state index is -0.501. The molecule has 0 radical (unpaired) electrons. The van der Waals surface area contributed by atoms with Crippen molar-refractivity contribution in [3.8, 4) is 5.75 Å². The van der Waals surface area contributed by atoms with Gasteiger partial charge >= 0.3 is 0 Å². The predicted molar refractivity (Wildman–Crippen MR) is 104 cm³/mol. The highest BCUT2D eigenvalue weighted by Crippen LogP contribution is 2.28. The monoisotopic (exact) mass is 409 g/mol. The van der Waals surface area contributed by atoms with Gasteiger partial charge in [0, 0.05) is 18.8 Å². The normalized spacial score (nSPS) is 11.1. The lowest BCUT2D eigenvalue weighted by atomic mass is 10.2. The maximum Gasteiger partial charge on any atom is 0.263 e. The molecule has 0 unspecified atom stereocenters. The molecule has 3 N–H and O–H groups in total. The number of aromatic nitrogens is 4. The molecule has 0 saturated heterocycles. The van der Waals surface area contributed by atoms with E-state index in [1.165, 1.54) is 29.2 Å². The van der Waals surface area contributed by atoms with E-state index in [1.807, 2.05) is 19.0 Å². The zero-order valence-electron chi connectivity index (χ0n) is 14.6. The van der Waals surface area contributed by atoms with Gasteiger partial charge in [0.25, 0.3) is 5.91 Å². The molecule has 0 spiro atoms. The van der Waals surface area contributed by atoms with Gasteiger partial charge in [-0.15, -0.1) is 5.10 Å². The molecule has 0 bridgehead atoms. The van der Waals surface area contributed by atoms with Crippen LogP contribution in [0.5, 0.6) is 5.75 Å². The SMILES string of the molecule is CN(C)CCOc1cc(Cl)ncc1NC(=O)c1c(N)nn2cc(Cl)cnc12. The maximum absolute atomic E-state index is 12.8. The number of likely N-dealkylation sites (N-methyl/N-ethyl adjacent to an activating group) is 1. The number of amides is 1. The molecule has 0 aliphatic rings. The molecule has 27 heavy (non-hydrogen) atoms. The van der Waals surface area contributed by atoms with Gasteiger partial charge in [-0.25, -0.2) is 14.5 Å². The predicted octanol–water partition coefficient (Wildman–Crippen LogP) is 2.21. The largest absolute Gasteiger partial charge is 0.490 e. The lowest BCUT2D eigenvalue weighted by Gasteiger charge is -2.14. The van der Waals surface area contributed by atoms with Gasteiger partial charge in [-0.05, 0) is 14.1 Å². The van der Waals surface area contributed by atoms with Crippen LogP contribution < -0.4 is 15.8 Å². The van der Waals surface area contributed by atoms with E-state index in [1.54, 1.807) is 0 Å². The molecule has 142 valence electrons. The summed E-state index contributed by atoms with van der Waals surface area (Å²) in [5, 5.41) is 7.40. The highest BCUT2D eigenvalue weighted by Gasteiger charge is 2.21. The fourth-order valence-corrected chi connectivity index (χ4v) is 2.59. The fraction of sp³-hybridized carbons (Fsp3) is 0.250. The summed E-state index contributed by atoms with van der Waals surface area (Å²) in [5.41, 5.74) is 6.65. The van der Waals surface area contributed by atoms with Crippen LogP contribution in [0, 0.1) is 0 Å². The second-order valence-electron chi connectivity index (χ2n) is 5.91. The number of nitrogens with two attached hydrogens (primary N) is 1. The van der Waals surface area contributed by atoms with Crippen LogP contribution in [0.2, 0.25) is 10.2 Å². The molecule has 3 aromatic heterocycles. The van der Waals surface area contributed by atoms with Crippen molar-refractivity contribution in [1.82, 2.24) is 24.5 Å². The van der Waals surface area contributed by atoms with Crippen molar-refractivity contribution < 1.29 is 9.53 Å². The Morgan fingerprint density at radius 2 is 2.11 bits per heavy atom. The van der Waals surface area contributed by atoms with E-state index in [2.05, 4.69) is 20.4 Å². The molecule has 0 fully saturated rings. The number of nitrogen functional groups attached to an aromatic ring is 1. The van der Waals surface area contributed by atoms with Crippen LogP contribution in [0.3, 0.4) is 0 Å². The number of nitrogens with zero attached hydrogens (tertiary/aromatic N) is 5. The summed E-state index contributed by atoms with van der Waals surface area (Å²) >= 11 is 11.8. The molecule has 0 saturated carbocycles. The molecule has 0 aromatic carbocycles. The quantitative estimate of drug-likeness (QED) is 0.600. The lowest BCUT2D eigenvalue weighted by Crippen LogP contribution is -2.20. The van der Waals surface area contributed by atoms with Gasteiger partial charge in [0.05, 0.1) is 17.4 Å². The molecule has 9 nitrogen and oxygen atoms in total. The van der Waals surface area contributed by atoms with E-state index >= 15 is 0 Å². The lowest BCUT2D eigenvalue weighted by molar-refractivity contribution is 0.102. The number of hydrogen-bond acceptors (Lipinski definition) is 7. The highest BCUT2D eigenvalue weighted by atomic mass is 35.5. The minimum absolute atomic E-state index is 0.0271. The molecular formula is C16H17Cl2N7O2. The van der Waals surface area contributed by atoms with Crippen LogP contribution in [0.4, 0.5) is 11.5 Å². The van der Waals surface area contributed by atoms with E-state index in [0.717, 1.165) is 0 Å². The summed E-state index contributed by atoms with van der Waals surface area (Å²) in [7, 11) is 3.86. The Hall–Kier alpha value is -2.62. The van der Waals surface area contributed by atoms with E-state index in [4.69, 9.17) is 33.7 Å². The van der Waals surface area contributed by atoms with Gasteiger partial charge in [-0.2, -0.15) is 0 Å². The van der Waals surface area contributed by atoms with Crippen LogP contribution in [0.1, 0.15) is 10.4 Å². The highest BCUT2D eigenvalue weighted by molar-refractivity contribution is 6.30. The number of rotatable bonds is 6. The van der Waals surface area contributed by atoms with Crippen molar-refractivity contribution in [3.05, 3.63) is 40.4 Å². The third-order valence-electron chi connectivity index (χ3n) is 3.57. The maximum atomic E-state index is 12.8. The topological polar surface area (TPSA) is 111 Å². The molecular weight excluding hydrogens is 393 g/mol. The number of carbonyl (C=O) groups is 1. The van der Waals surface area contributed by atoms with E-state index in [-0.39, 0.29) is 22.2 Å². The Morgan fingerprint density at radius 3 is 2.85 bits per heavy atom. The average Bonchev–Trinajstić information content (AvgIpc) is 2.91. The fourth-order valence-electron chi connectivity index (χ4n) is 2.30. The number of fused-ring (bicyclic) bond motifs is 1. The number of ether oxygens (including phenoxy) is 1. The van der Waals surface area contributed by atoms with Gasteiger partial charge in [-0.3, -0.25) is 4.79 Å². The van der Waals surface area contributed by atoms with E-state index in [0.29, 0.717) is 29.6 Å². The van der Waals surface area contributed by atoms with Gasteiger partial charge < -0.3 is 20.7 Å². The third kappa shape index (κ3) is 4.38. The van der Waals surface area contributed by atoms with Gasteiger partial charge in [0.1, 0.15) is 28.8 Å². The standard InChI is InChI=1S/C16H17Cl2N7O2/c1-24(2)3-4-27-11-5-12(18)20-7-10(11)22-16(26)13-14(19)23-25-8-9(17)6-21-15(13)25/h5-8H,3-4H2,1-2H3,(H2,19,23)(H,22,26). The van der Waals surface area contributed by atoms with Crippen LogP contribution in [-0.2, 0) is 0 Å². The van der Waals surface area contributed by atoms with E-state index in [9.17, 15) is 4.79 Å². The van der Waals surface area contributed by atoms with Crippen molar-refractivity contribution >= 4 is 46.3 Å². The van der Waals surface area contributed by atoms with Crippen molar-refractivity contribution in [2.24, 2.45) is 0 Å². The van der Waals surface area contributed by atoms with Gasteiger partial charge in [-0.1, -0.05) is 23.2 Å². The summed E-state index contributed by atoms with van der Waals surface area (Å²) in [5.74, 6) is -0.0746. The number of pyridine rings is 1. The summed E-state index contributed by atoms with van der Waals surface area (Å²) in [6, 6.07) is 1.53. The summed E-state index contributed by atoms with van der Waals surface area (Å²) in [4.78, 5) is 22.9. The van der Waals surface area contributed by atoms with Crippen LogP contribution in [0.25, 0.3) is 5.65 Å². The average molecular weight is 410 g/mol. The van der Waals surface area contributed by atoms with Gasteiger partial charge in [0.15, 0.2) is 11.5 Å². The second-order valence-corrected chi connectivity index (χ2v) is 6.73. The van der Waals surface area contributed by atoms with Crippen molar-refractivity contribution in [3.63, 3.8) is 0 Å². The van der Waals surface area contributed by atoms with Crippen molar-refractivity contribution in [1.29, 1.82) is 0 Å². The summed E-state index contributed by atoms with van der Waals surface area (Å²) < 4.78 is 7.06. The molecule has 0 aliphatic carbocycles. The molecule has 1 amide bonds. The smallest absolute Gasteiger partial charge is 0.263 e. The molecule has 11 heteroatoms. The van der Waals surface area contributed by atoms with Crippen LogP contribution >= 0.6 is 23.2 Å². The Balaban J connectivity index is 1.87. The Bertz CT molecular complexity index is 990. The summed E-state index contributed by atoms with van der Waals surface area (Å²) in [6.07, 6.45) is 4.34. The molecule has 0 aliphatic heterocycles. The Morgan fingerprint density at radius 1 is 1.33 bits per heavy atom. The molecule has 3 aromatic rings. The number of hydrogen-bond donors (Lipinski definition) is 2. The molecule has 3 rings (SSSR count). The van der Waals surface area contributed by atoms with Crippen LogP contribution in [-0.4, -0.2) is 57.6 Å². The van der Waals surface area contributed by atoms with Gasteiger partial charge in [0.2, 0.25) is 0 Å². The first-order chi connectivity index (χ1) is 12.8. The Labute approximate surface area is 165 Å².